The second-order valence-corrected chi connectivity index (χ2v) is 5.86. The number of amides is 1. The highest BCUT2D eigenvalue weighted by Gasteiger charge is 2.20. The maximum absolute atomic E-state index is 11.9. The zero-order valence-electron chi connectivity index (χ0n) is 12.1. The SMILES string of the molecule is CC(C)(C#N)c1ccc(NC(=O)CC2CCCN2)cc1. The van der Waals surface area contributed by atoms with Crippen LogP contribution in [0.5, 0.6) is 0 Å². The van der Waals surface area contributed by atoms with Gasteiger partial charge in [0.25, 0.3) is 0 Å². The highest BCUT2D eigenvalue weighted by Crippen LogP contribution is 2.23. The lowest BCUT2D eigenvalue weighted by Gasteiger charge is -2.16. The predicted molar refractivity (Wildman–Crippen MR) is 79.4 cm³/mol. The van der Waals surface area contributed by atoms with E-state index in [1.54, 1.807) is 0 Å². The average molecular weight is 271 g/mol. The van der Waals surface area contributed by atoms with E-state index in [0.717, 1.165) is 30.6 Å². The van der Waals surface area contributed by atoms with Crippen molar-refractivity contribution in [3.8, 4) is 6.07 Å². The Balaban J connectivity index is 1.93. The summed E-state index contributed by atoms with van der Waals surface area (Å²) in [6.45, 7) is 4.77. The molecule has 2 N–H and O–H groups in total. The summed E-state index contributed by atoms with van der Waals surface area (Å²) in [7, 11) is 0. The van der Waals surface area contributed by atoms with Gasteiger partial charge in [0.2, 0.25) is 5.91 Å². The summed E-state index contributed by atoms with van der Waals surface area (Å²) in [6, 6.07) is 10.1. The van der Waals surface area contributed by atoms with Gasteiger partial charge in [0.1, 0.15) is 0 Å². The Morgan fingerprint density at radius 1 is 1.45 bits per heavy atom. The Morgan fingerprint density at radius 2 is 2.15 bits per heavy atom. The normalized spacial score (nSPS) is 18.6. The minimum absolute atomic E-state index is 0.0386. The molecule has 1 heterocycles. The van der Waals surface area contributed by atoms with Crippen LogP contribution in [0.15, 0.2) is 24.3 Å². The van der Waals surface area contributed by atoms with Crippen LogP contribution in [0.3, 0.4) is 0 Å². The Bertz CT molecular complexity index is 508. The molecule has 1 aromatic rings. The molecule has 106 valence electrons. The monoisotopic (exact) mass is 271 g/mol. The van der Waals surface area contributed by atoms with Crippen LogP contribution in [0.4, 0.5) is 5.69 Å². The molecule has 4 heteroatoms. The number of benzene rings is 1. The third kappa shape index (κ3) is 3.58. The molecule has 2 rings (SSSR count). The maximum Gasteiger partial charge on any atom is 0.225 e. The molecular weight excluding hydrogens is 250 g/mol. The lowest BCUT2D eigenvalue weighted by molar-refractivity contribution is -0.116. The van der Waals surface area contributed by atoms with Gasteiger partial charge in [-0.3, -0.25) is 4.79 Å². The number of nitrogens with one attached hydrogen (secondary N) is 2. The van der Waals surface area contributed by atoms with Crippen molar-refractivity contribution in [1.29, 1.82) is 5.26 Å². The number of nitriles is 1. The van der Waals surface area contributed by atoms with Crippen LogP contribution < -0.4 is 10.6 Å². The van der Waals surface area contributed by atoms with Crippen molar-refractivity contribution < 1.29 is 4.79 Å². The molecular formula is C16H21N3O. The van der Waals surface area contributed by atoms with E-state index in [0.29, 0.717) is 12.5 Å². The van der Waals surface area contributed by atoms with E-state index in [2.05, 4.69) is 16.7 Å². The van der Waals surface area contributed by atoms with Gasteiger partial charge in [-0.2, -0.15) is 5.26 Å². The van der Waals surface area contributed by atoms with E-state index in [9.17, 15) is 4.79 Å². The standard InChI is InChI=1S/C16H21N3O/c1-16(2,11-17)12-5-7-13(8-6-12)19-15(20)10-14-4-3-9-18-14/h5-8,14,18H,3-4,9-10H2,1-2H3,(H,19,20). The Kier molecular flexibility index (Phi) is 4.41. The average Bonchev–Trinajstić information content (AvgIpc) is 2.92. The smallest absolute Gasteiger partial charge is 0.225 e. The van der Waals surface area contributed by atoms with Crippen molar-refractivity contribution >= 4 is 11.6 Å². The van der Waals surface area contributed by atoms with Crippen LogP contribution in [-0.2, 0) is 10.2 Å². The fourth-order valence-corrected chi connectivity index (χ4v) is 2.40. The Labute approximate surface area is 120 Å². The third-order valence-corrected chi connectivity index (χ3v) is 3.76. The topological polar surface area (TPSA) is 64.9 Å². The summed E-state index contributed by atoms with van der Waals surface area (Å²) in [5.41, 5.74) is 1.23. The number of anilines is 1. The predicted octanol–water partition coefficient (Wildman–Crippen LogP) is 2.57. The second-order valence-electron chi connectivity index (χ2n) is 5.86. The Hall–Kier alpha value is -1.86. The summed E-state index contributed by atoms with van der Waals surface area (Å²) in [5.74, 6) is 0.0386. The van der Waals surface area contributed by atoms with Crippen molar-refractivity contribution in [2.24, 2.45) is 0 Å². The van der Waals surface area contributed by atoms with Crippen molar-refractivity contribution in [3.05, 3.63) is 29.8 Å². The van der Waals surface area contributed by atoms with E-state index >= 15 is 0 Å². The molecule has 1 unspecified atom stereocenters. The number of carbonyl (C=O) groups excluding carboxylic acids is 1. The maximum atomic E-state index is 11.9. The van der Waals surface area contributed by atoms with E-state index in [1.165, 1.54) is 0 Å². The first-order chi connectivity index (χ1) is 9.51. The quantitative estimate of drug-likeness (QED) is 0.884. The van der Waals surface area contributed by atoms with Crippen LogP contribution in [0.25, 0.3) is 0 Å². The Morgan fingerprint density at radius 3 is 2.70 bits per heavy atom. The molecule has 0 spiro atoms. The lowest BCUT2D eigenvalue weighted by Crippen LogP contribution is -2.27. The largest absolute Gasteiger partial charge is 0.326 e. The van der Waals surface area contributed by atoms with E-state index in [-0.39, 0.29) is 5.91 Å². The summed E-state index contributed by atoms with van der Waals surface area (Å²) >= 11 is 0. The fraction of sp³-hybridized carbons (Fsp3) is 0.500. The van der Waals surface area contributed by atoms with Crippen molar-refractivity contribution in [2.45, 2.75) is 44.6 Å². The first-order valence-corrected chi connectivity index (χ1v) is 7.06. The van der Waals surface area contributed by atoms with Gasteiger partial charge in [-0.1, -0.05) is 12.1 Å². The molecule has 0 radical (unpaired) electrons. The highest BCUT2D eigenvalue weighted by atomic mass is 16.1. The minimum atomic E-state index is -0.504. The summed E-state index contributed by atoms with van der Waals surface area (Å²) in [6.07, 6.45) is 2.74. The summed E-state index contributed by atoms with van der Waals surface area (Å²) < 4.78 is 0. The van der Waals surface area contributed by atoms with Gasteiger partial charge in [0.15, 0.2) is 0 Å². The van der Waals surface area contributed by atoms with Gasteiger partial charge in [-0.05, 0) is 50.9 Å². The molecule has 0 aromatic heterocycles. The number of carbonyl (C=O) groups is 1. The van der Waals surface area contributed by atoms with Gasteiger partial charge in [-0.25, -0.2) is 0 Å². The number of hydrogen-bond acceptors (Lipinski definition) is 3. The zero-order valence-corrected chi connectivity index (χ0v) is 12.1. The second kappa shape index (κ2) is 6.06. The van der Waals surface area contributed by atoms with Crippen LogP contribution in [0.1, 0.15) is 38.7 Å². The molecule has 0 saturated carbocycles. The van der Waals surface area contributed by atoms with Gasteiger partial charge in [0.05, 0.1) is 11.5 Å². The van der Waals surface area contributed by atoms with Gasteiger partial charge < -0.3 is 10.6 Å². The minimum Gasteiger partial charge on any atom is -0.326 e. The molecule has 1 atom stereocenters. The molecule has 0 aliphatic carbocycles. The third-order valence-electron chi connectivity index (χ3n) is 3.76. The molecule has 20 heavy (non-hydrogen) atoms. The summed E-state index contributed by atoms with van der Waals surface area (Å²) in [5, 5.41) is 15.3. The molecule has 0 bridgehead atoms. The van der Waals surface area contributed by atoms with Crippen molar-refractivity contribution in [3.63, 3.8) is 0 Å². The zero-order chi connectivity index (χ0) is 14.6. The van der Waals surface area contributed by atoms with Crippen LogP contribution in [-0.4, -0.2) is 18.5 Å². The van der Waals surface area contributed by atoms with E-state index < -0.39 is 5.41 Å². The molecule has 1 amide bonds. The number of nitrogens with zero attached hydrogens (tertiary/aromatic N) is 1. The van der Waals surface area contributed by atoms with Gasteiger partial charge >= 0.3 is 0 Å². The van der Waals surface area contributed by atoms with Crippen LogP contribution in [0.2, 0.25) is 0 Å². The highest BCUT2D eigenvalue weighted by molar-refractivity contribution is 5.91. The van der Waals surface area contributed by atoms with Crippen molar-refractivity contribution in [2.75, 3.05) is 11.9 Å². The molecule has 1 aliphatic heterocycles. The molecule has 1 saturated heterocycles. The van der Waals surface area contributed by atoms with E-state index in [1.807, 2.05) is 38.1 Å². The lowest BCUT2D eigenvalue weighted by atomic mass is 9.86. The molecule has 4 nitrogen and oxygen atoms in total. The van der Waals surface area contributed by atoms with Gasteiger partial charge in [-0.15, -0.1) is 0 Å². The van der Waals surface area contributed by atoms with E-state index in [4.69, 9.17) is 5.26 Å². The first-order valence-electron chi connectivity index (χ1n) is 7.06. The molecule has 1 aromatic carbocycles. The van der Waals surface area contributed by atoms with Crippen molar-refractivity contribution in [1.82, 2.24) is 5.32 Å². The number of rotatable bonds is 4. The summed E-state index contributed by atoms with van der Waals surface area (Å²) in [4.78, 5) is 11.9. The van der Waals surface area contributed by atoms with Crippen LogP contribution in [0, 0.1) is 11.3 Å². The number of hydrogen-bond donors (Lipinski definition) is 2. The van der Waals surface area contributed by atoms with Crippen LogP contribution >= 0.6 is 0 Å². The first kappa shape index (κ1) is 14.5. The van der Waals surface area contributed by atoms with Gasteiger partial charge in [0, 0.05) is 18.2 Å². The fourth-order valence-electron chi connectivity index (χ4n) is 2.40. The molecule has 1 aliphatic rings. The molecule has 1 fully saturated rings.